The van der Waals surface area contributed by atoms with Crippen molar-refractivity contribution in [2.75, 3.05) is 7.11 Å². The first-order valence-corrected chi connectivity index (χ1v) is 8.00. The molecular weight excluding hydrogens is 282 g/mol. The number of aromatic nitrogens is 2. The summed E-state index contributed by atoms with van der Waals surface area (Å²) in [5, 5.41) is 7.32. The van der Waals surface area contributed by atoms with Gasteiger partial charge in [0.2, 0.25) is 0 Å². The van der Waals surface area contributed by atoms with Crippen molar-refractivity contribution >= 4 is 11.9 Å². The molecule has 1 heterocycles. The Labute approximate surface area is 131 Å². The molecule has 2 atom stereocenters. The minimum Gasteiger partial charge on any atom is -0.469 e. The van der Waals surface area contributed by atoms with Crippen molar-refractivity contribution < 1.29 is 14.3 Å². The lowest BCUT2D eigenvalue weighted by atomic mass is 9.94. The first kappa shape index (κ1) is 16.5. The number of ether oxygens (including phenoxy) is 1. The molecule has 6 heteroatoms. The Balaban J connectivity index is 2.14. The molecule has 1 aromatic rings. The van der Waals surface area contributed by atoms with E-state index in [4.69, 9.17) is 4.74 Å². The van der Waals surface area contributed by atoms with Crippen LogP contribution in [0.15, 0.2) is 6.07 Å². The van der Waals surface area contributed by atoms with Crippen LogP contribution in [0.4, 0.5) is 0 Å². The monoisotopic (exact) mass is 307 g/mol. The highest BCUT2D eigenvalue weighted by atomic mass is 16.5. The van der Waals surface area contributed by atoms with Crippen LogP contribution in [0.5, 0.6) is 0 Å². The van der Waals surface area contributed by atoms with Gasteiger partial charge in [0.05, 0.1) is 18.7 Å². The summed E-state index contributed by atoms with van der Waals surface area (Å²) >= 11 is 0. The fraction of sp³-hybridized carbons (Fsp3) is 0.688. The number of aryl methyl sites for hydroxylation is 2. The molecule has 0 spiro atoms. The molecule has 1 aromatic heterocycles. The third kappa shape index (κ3) is 3.67. The molecule has 122 valence electrons. The zero-order valence-electron chi connectivity index (χ0n) is 13.6. The third-order valence-electron chi connectivity index (χ3n) is 4.27. The predicted octanol–water partition coefficient (Wildman–Crippen LogP) is 2.06. The normalized spacial score (nSPS) is 22.0. The summed E-state index contributed by atoms with van der Waals surface area (Å²) in [6, 6.07) is 1.62. The molecule has 0 aliphatic heterocycles. The summed E-state index contributed by atoms with van der Waals surface area (Å²) in [6.45, 7) is 4.46. The van der Waals surface area contributed by atoms with Crippen molar-refractivity contribution in [1.82, 2.24) is 15.1 Å². The maximum absolute atomic E-state index is 12.6. The molecule has 0 unspecified atom stereocenters. The summed E-state index contributed by atoms with van der Waals surface area (Å²) in [7, 11) is 1.40. The summed E-state index contributed by atoms with van der Waals surface area (Å²) in [5.74, 6) is -0.647. The topological polar surface area (TPSA) is 73.2 Å². The molecule has 0 radical (unpaired) electrons. The van der Waals surface area contributed by atoms with E-state index in [1.54, 1.807) is 10.7 Å². The van der Waals surface area contributed by atoms with E-state index in [0.29, 0.717) is 12.2 Å². The largest absolute Gasteiger partial charge is 0.469 e. The summed E-state index contributed by atoms with van der Waals surface area (Å²) in [4.78, 5) is 24.5. The Morgan fingerprint density at radius 2 is 2.09 bits per heavy atom. The Morgan fingerprint density at radius 1 is 1.36 bits per heavy atom. The summed E-state index contributed by atoms with van der Waals surface area (Å²) in [5.41, 5.74) is 1.37. The van der Waals surface area contributed by atoms with Gasteiger partial charge in [-0.3, -0.25) is 14.3 Å². The molecule has 0 saturated heterocycles. The highest BCUT2D eigenvalue weighted by molar-refractivity contribution is 5.93. The molecule has 1 N–H and O–H groups in total. The van der Waals surface area contributed by atoms with E-state index in [1.807, 2.05) is 13.8 Å². The van der Waals surface area contributed by atoms with Gasteiger partial charge in [-0.25, -0.2) is 0 Å². The van der Waals surface area contributed by atoms with Crippen LogP contribution in [-0.4, -0.2) is 34.8 Å². The molecule has 0 bridgehead atoms. The van der Waals surface area contributed by atoms with Crippen LogP contribution in [0.2, 0.25) is 0 Å². The lowest BCUT2D eigenvalue weighted by molar-refractivity contribution is -0.146. The van der Waals surface area contributed by atoms with E-state index >= 15 is 0 Å². The first-order valence-electron chi connectivity index (χ1n) is 8.00. The van der Waals surface area contributed by atoms with E-state index in [1.165, 1.54) is 7.11 Å². The molecule has 0 aromatic carbocycles. The molecule has 1 saturated carbocycles. The Morgan fingerprint density at radius 3 is 2.77 bits per heavy atom. The predicted molar refractivity (Wildman–Crippen MR) is 82.5 cm³/mol. The van der Waals surface area contributed by atoms with Crippen LogP contribution >= 0.6 is 0 Å². The molecule has 1 amide bonds. The van der Waals surface area contributed by atoms with Crippen molar-refractivity contribution in [2.45, 2.75) is 58.5 Å². The molecule has 1 fully saturated rings. The van der Waals surface area contributed by atoms with Gasteiger partial charge in [0.1, 0.15) is 5.69 Å². The van der Waals surface area contributed by atoms with Gasteiger partial charge in [0.25, 0.3) is 5.91 Å². The second kappa shape index (κ2) is 7.42. The molecule has 1 aliphatic carbocycles. The van der Waals surface area contributed by atoms with E-state index in [-0.39, 0.29) is 23.8 Å². The van der Waals surface area contributed by atoms with Gasteiger partial charge in [0, 0.05) is 12.6 Å². The lowest BCUT2D eigenvalue weighted by Gasteiger charge is -2.24. The maximum atomic E-state index is 12.6. The van der Waals surface area contributed by atoms with Crippen LogP contribution in [0.3, 0.4) is 0 Å². The van der Waals surface area contributed by atoms with Crippen LogP contribution < -0.4 is 5.32 Å². The SMILES string of the molecule is CCn1nc(C)cc1C(=O)N[C@H]1CCCCC[C@H]1C(=O)OC. The second-order valence-corrected chi connectivity index (χ2v) is 5.83. The summed E-state index contributed by atoms with van der Waals surface area (Å²) in [6.07, 6.45) is 4.68. The first-order chi connectivity index (χ1) is 10.6. The van der Waals surface area contributed by atoms with Gasteiger partial charge in [-0.2, -0.15) is 5.10 Å². The Bertz CT molecular complexity index is 539. The van der Waals surface area contributed by atoms with Crippen molar-refractivity contribution in [1.29, 1.82) is 0 Å². The van der Waals surface area contributed by atoms with Gasteiger partial charge in [-0.05, 0) is 32.8 Å². The number of carbonyl (C=O) groups excluding carboxylic acids is 2. The molecule has 2 rings (SSSR count). The minimum atomic E-state index is -0.254. The number of carbonyl (C=O) groups is 2. The molecule has 6 nitrogen and oxygen atoms in total. The molecule has 1 aliphatic rings. The number of hydrogen-bond acceptors (Lipinski definition) is 4. The van der Waals surface area contributed by atoms with E-state index in [9.17, 15) is 9.59 Å². The molecule has 22 heavy (non-hydrogen) atoms. The van der Waals surface area contributed by atoms with E-state index in [0.717, 1.165) is 37.8 Å². The fourth-order valence-electron chi connectivity index (χ4n) is 3.13. The van der Waals surface area contributed by atoms with Gasteiger partial charge in [0.15, 0.2) is 0 Å². The van der Waals surface area contributed by atoms with Crippen molar-refractivity contribution in [3.05, 3.63) is 17.5 Å². The average Bonchev–Trinajstić information content (AvgIpc) is 2.75. The van der Waals surface area contributed by atoms with Crippen LogP contribution in [0.25, 0.3) is 0 Å². The van der Waals surface area contributed by atoms with Gasteiger partial charge >= 0.3 is 5.97 Å². The fourth-order valence-corrected chi connectivity index (χ4v) is 3.13. The van der Waals surface area contributed by atoms with E-state index < -0.39 is 0 Å². The Kier molecular flexibility index (Phi) is 5.57. The van der Waals surface area contributed by atoms with Crippen LogP contribution in [0, 0.1) is 12.8 Å². The lowest BCUT2D eigenvalue weighted by Crippen LogP contribution is -2.43. The van der Waals surface area contributed by atoms with Crippen molar-refractivity contribution in [3.63, 3.8) is 0 Å². The smallest absolute Gasteiger partial charge is 0.310 e. The maximum Gasteiger partial charge on any atom is 0.310 e. The van der Waals surface area contributed by atoms with Gasteiger partial charge in [-0.15, -0.1) is 0 Å². The van der Waals surface area contributed by atoms with Crippen molar-refractivity contribution in [2.24, 2.45) is 5.92 Å². The number of methoxy groups -OCH3 is 1. The summed E-state index contributed by atoms with van der Waals surface area (Å²) < 4.78 is 6.59. The number of rotatable bonds is 4. The van der Waals surface area contributed by atoms with E-state index in [2.05, 4.69) is 10.4 Å². The number of amides is 1. The van der Waals surface area contributed by atoms with Crippen LogP contribution in [0.1, 0.15) is 55.2 Å². The molecular formula is C16H25N3O3. The third-order valence-corrected chi connectivity index (χ3v) is 4.27. The standard InChI is InChI=1S/C16H25N3O3/c1-4-19-14(10-11(2)18-19)15(20)17-13-9-7-5-6-8-12(13)16(21)22-3/h10,12-13H,4-9H2,1-3H3,(H,17,20)/t12-,13+/m1/s1. The quantitative estimate of drug-likeness (QED) is 0.682. The number of nitrogens with one attached hydrogen (secondary N) is 1. The zero-order chi connectivity index (χ0) is 16.1. The highest BCUT2D eigenvalue weighted by Gasteiger charge is 2.32. The average molecular weight is 307 g/mol. The van der Waals surface area contributed by atoms with Crippen molar-refractivity contribution in [3.8, 4) is 0 Å². The zero-order valence-corrected chi connectivity index (χ0v) is 13.6. The number of nitrogens with zero attached hydrogens (tertiary/aromatic N) is 2. The number of esters is 1. The number of hydrogen-bond donors (Lipinski definition) is 1. The Hall–Kier alpha value is -1.85. The second-order valence-electron chi connectivity index (χ2n) is 5.83. The van der Waals surface area contributed by atoms with Gasteiger partial charge < -0.3 is 10.1 Å². The minimum absolute atomic E-state index is 0.164. The van der Waals surface area contributed by atoms with Gasteiger partial charge in [-0.1, -0.05) is 19.3 Å². The van der Waals surface area contributed by atoms with Crippen LogP contribution in [-0.2, 0) is 16.1 Å². The highest BCUT2D eigenvalue weighted by Crippen LogP contribution is 2.25.